The van der Waals surface area contributed by atoms with Gasteiger partial charge in [-0.15, -0.1) is 0 Å². The van der Waals surface area contributed by atoms with Gasteiger partial charge in [-0.3, -0.25) is 4.90 Å². The van der Waals surface area contributed by atoms with Crippen molar-refractivity contribution in [2.24, 2.45) is 11.8 Å². The molecule has 2 nitrogen and oxygen atoms in total. The van der Waals surface area contributed by atoms with Gasteiger partial charge in [0.25, 0.3) is 0 Å². The standard InChI is InChI=1S/C18H36N2/c1-4-19-18-12-8-5-9-16(18)14-20(13-15(2)3)17-10-6-7-11-17/h15-19H,4-14H2,1-3H3. The normalized spacial score (nSPS) is 28.6. The van der Waals surface area contributed by atoms with Crippen LogP contribution in [0.25, 0.3) is 0 Å². The first-order valence-electron chi connectivity index (χ1n) is 9.18. The Labute approximate surface area is 126 Å². The average Bonchev–Trinajstić information content (AvgIpc) is 2.94. The molecule has 0 aromatic heterocycles. The Kier molecular flexibility index (Phi) is 6.83. The van der Waals surface area contributed by atoms with Gasteiger partial charge < -0.3 is 5.32 Å². The molecule has 0 aromatic carbocycles. The summed E-state index contributed by atoms with van der Waals surface area (Å²) in [7, 11) is 0. The van der Waals surface area contributed by atoms with Gasteiger partial charge >= 0.3 is 0 Å². The second-order valence-corrected chi connectivity index (χ2v) is 7.49. The van der Waals surface area contributed by atoms with Gasteiger partial charge in [0, 0.05) is 25.2 Å². The predicted molar refractivity (Wildman–Crippen MR) is 88.1 cm³/mol. The Hall–Kier alpha value is -0.0800. The van der Waals surface area contributed by atoms with E-state index in [0.717, 1.165) is 30.5 Å². The number of hydrogen-bond donors (Lipinski definition) is 1. The first-order chi connectivity index (χ1) is 9.70. The van der Waals surface area contributed by atoms with Crippen LogP contribution in [0, 0.1) is 11.8 Å². The van der Waals surface area contributed by atoms with Gasteiger partial charge in [-0.2, -0.15) is 0 Å². The molecule has 20 heavy (non-hydrogen) atoms. The molecule has 1 N–H and O–H groups in total. The third-order valence-corrected chi connectivity index (χ3v) is 5.29. The highest BCUT2D eigenvalue weighted by Crippen LogP contribution is 2.29. The van der Waals surface area contributed by atoms with E-state index in [1.165, 1.54) is 64.5 Å². The van der Waals surface area contributed by atoms with Crippen molar-refractivity contribution in [3.05, 3.63) is 0 Å². The molecule has 2 aliphatic carbocycles. The van der Waals surface area contributed by atoms with E-state index in [2.05, 4.69) is 31.0 Å². The van der Waals surface area contributed by atoms with E-state index < -0.39 is 0 Å². The summed E-state index contributed by atoms with van der Waals surface area (Å²) in [5.41, 5.74) is 0. The zero-order valence-electron chi connectivity index (χ0n) is 14.0. The molecule has 118 valence electrons. The summed E-state index contributed by atoms with van der Waals surface area (Å²) < 4.78 is 0. The summed E-state index contributed by atoms with van der Waals surface area (Å²) in [6, 6.07) is 1.67. The zero-order valence-corrected chi connectivity index (χ0v) is 14.0. The largest absolute Gasteiger partial charge is 0.314 e. The Bertz CT molecular complexity index is 256. The first kappa shape index (κ1) is 16.3. The van der Waals surface area contributed by atoms with Gasteiger partial charge in [0.05, 0.1) is 0 Å². The maximum Gasteiger partial charge on any atom is 0.0107 e. The summed E-state index contributed by atoms with van der Waals surface area (Å²) in [6.45, 7) is 10.8. The second-order valence-electron chi connectivity index (χ2n) is 7.49. The molecule has 2 atom stereocenters. The van der Waals surface area contributed by atoms with Crippen LogP contribution in [0.2, 0.25) is 0 Å². The molecule has 2 fully saturated rings. The molecule has 0 spiro atoms. The number of hydrogen-bond acceptors (Lipinski definition) is 2. The molecule has 0 radical (unpaired) electrons. The maximum atomic E-state index is 3.76. The van der Waals surface area contributed by atoms with Gasteiger partial charge in [0.1, 0.15) is 0 Å². The molecule has 0 aliphatic heterocycles. The van der Waals surface area contributed by atoms with E-state index in [9.17, 15) is 0 Å². The third-order valence-electron chi connectivity index (χ3n) is 5.29. The fraction of sp³-hybridized carbons (Fsp3) is 1.00. The monoisotopic (exact) mass is 280 g/mol. The van der Waals surface area contributed by atoms with Gasteiger partial charge in [-0.25, -0.2) is 0 Å². The Morgan fingerprint density at radius 2 is 1.65 bits per heavy atom. The lowest BCUT2D eigenvalue weighted by Gasteiger charge is -2.39. The molecule has 2 saturated carbocycles. The van der Waals surface area contributed by atoms with Gasteiger partial charge in [0.15, 0.2) is 0 Å². The fourth-order valence-corrected chi connectivity index (χ4v) is 4.37. The number of nitrogens with one attached hydrogen (secondary N) is 1. The van der Waals surface area contributed by atoms with Crippen molar-refractivity contribution in [2.75, 3.05) is 19.6 Å². The second kappa shape index (κ2) is 8.38. The topological polar surface area (TPSA) is 15.3 Å². The lowest BCUT2D eigenvalue weighted by atomic mass is 9.83. The van der Waals surface area contributed by atoms with Crippen LogP contribution in [0.15, 0.2) is 0 Å². The molecule has 0 saturated heterocycles. The molecular formula is C18H36N2. The average molecular weight is 281 g/mol. The molecule has 0 aromatic rings. The van der Waals surface area contributed by atoms with Crippen molar-refractivity contribution in [1.29, 1.82) is 0 Å². The van der Waals surface area contributed by atoms with E-state index >= 15 is 0 Å². The minimum atomic E-state index is 0.782. The van der Waals surface area contributed by atoms with Gasteiger partial charge in [-0.05, 0) is 44.1 Å². The molecule has 2 rings (SSSR count). The highest BCUT2D eigenvalue weighted by molar-refractivity contribution is 4.86. The molecule has 0 heterocycles. The minimum absolute atomic E-state index is 0.782. The Morgan fingerprint density at radius 3 is 2.30 bits per heavy atom. The van der Waals surface area contributed by atoms with Crippen LogP contribution >= 0.6 is 0 Å². The van der Waals surface area contributed by atoms with Crippen LogP contribution < -0.4 is 5.32 Å². The Morgan fingerprint density at radius 1 is 1.00 bits per heavy atom. The molecule has 0 bridgehead atoms. The fourth-order valence-electron chi connectivity index (χ4n) is 4.37. The van der Waals surface area contributed by atoms with E-state index in [-0.39, 0.29) is 0 Å². The molecule has 2 aliphatic rings. The molecule has 2 heteroatoms. The molecule has 0 amide bonds. The highest BCUT2D eigenvalue weighted by Gasteiger charge is 2.30. The van der Waals surface area contributed by atoms with Crippen LogP contribution in [0.5, 0.6) is 0 Å². The SMILES string of the molecule is CCNC1CCCCC1CN(CC(C)C)C1CCCC1. The lowest BCUT2D eigenvalue weighted by molar-refractivity contribution is 0.117. The predicted octanol–water partition coefficient (Wildman–Crippen LogP) is 4.06. The summed E-state index contributed by atoms with van der Waals surface area (Å²) in [6.07, 6.45) is 11.5. The van der Waals surface area contributed by atoms with Crippen molar-refractivity contribution in [1.82, 2.24) is 10.2 Å². The van der Waals surface area contributed by atoms with E-state index in [4.69, 9.17) is 0 Å². The summed E-state index contributed by atoms with van der Waals surface area (Å²) in [4.78, 5) is 2.86. The smallest absolute Gasteiger partial charge is 0.0107 e. The summed E-state index contributed by atoms with van der Waals surface area (Å²) >= 11 is 0. The maximum absolute atomic E-state index is 3.76. The van der Waals surface area contributed by atoms with Gasteiger partial charge in [0.2, 0.25) is 0 Å². The minimum Gasteiger partial charge on any atom is -0.314 e. The van der Waals surface area contributed by atoms with Crippen LogP contribution in [0.1, 0.15) is 72.1 Å². The van der Waals surface area contributed by atoms with E-state index in [1.54, 1.807) is 0 Å². The number of rotatable bonds is 7. The van der Waals surface area contributed by atoms with Crippen molar-refractivity contribution in [3.63, 3.8) is 0 Å². The summed E-state index contributed by atoms with van der Waals surface area (Å²) in [5.74, 6) is 1.69. The Balaban J connectivity index is 1.93. The molecular weight excluding hydrogens is 244 g/mol. The van der Waals surface area contributed by atoms with Crippen molar-refractivity contribution >= 4 is 0 Å². The van der Waals surface area contributed by atoms with E-state index in [1.807, 2.05) is 0 Å². The van der Waals surface area contributed by atoms with Crippen molar-refractivity contribution in [2.45, 2.75) is 84.2 Å². The van der Waals surface area contributed by atoms with Crippen LogP contribution in [0.3, 0.4) is 0 Å². The quantitative estimate of drug-likeness (QED) is 0.756. The lowest BCUT2D eigenvalue weighted by Crippen LogP contribution is -2.47. The van der Waals surface area contributed by atoms with Crippen molar-refractivity contribution < 1.29 is 0 Å². The first-order valence-corrected chi connectivity index (χ1v) is 9.18. The van der Waals surface area contributed by atoms with Crippen LogP contribution in [-0.2, 0) is 0 Å². The van der Waals surface area contributed by atoms with Crippen molar-refractivity contribution in [3.8, 4) is 0 Å². The molecule has 2 unspecified atom stereocenters. The highest BCUT2D eigenvalue weighted by atomic mass is 15.2. The number of nitrogens with zero attached hydrogens (tertiary/aromatic N) is 1. The van der Waals surface area contributed by atoms with Gasteiger partial charge in [-0.1, -0.05) is 46.5 Å². The van der Waals surface area contributed by atoms with Crippen LogP contribution in [-0.4, -0.2) is 36.6 Å². The van der Waals surface area contributed by atoms with E-state index in [0.29, 0.717) is 0 Å². The summed E-state index contributed by atoms with van der Waals surface area (Å²) in [5, 5.41) is 3.76. The van der Waals surface area contributed by atoms with Crippen LogP contribution in [0.4, 0.5) is 0 Å². The zero-order chi connectivity index (χ0) is 14.4. The third kappa shape index (κ3) is 4.73.